The van der Waals surface area contributed by atoms with Crippen molar-refractivity contribution >= 4 is 5.95 Å². The molecule has 0 aliphatic carbocycles. The zero-order chi connectivity index (χ0) is 12.2. The molecule has 0 saturated carbocycles. The highest BCUT2D eigenvalue weighted by atomic mass is 15.1. The monoisotopic (exact) mass is 222 g/mol. The van der Waals surface area contributed by atoms with Gasteiger partial charge in [0.05, 0.1) is 0 Å². The van der Waals surface area contributed by atoms with Gasteiger partial charge in [0.1, 0.15) is 0 Å². The van der Waals surface area contributed by atoms with Gasteiger partial charge in [-0.1, -0.05) is 20.8 Å². The summed E-state index contributed by atoms with van der Waals surface area (Å²) in [5.41, 5.74) is 7.34. The van der Waals surface area contributed by atoms with Gasteiger partial charge in [-0.3, -0.25) is 0 Å². The van der Waals surface area contributed by atoms with E-state index in [0.717, 1.165) is 12.0 Å². The Morgan fingerprint density at radius 3 is 2.38 bits per heavy atom. The third kappa shape index (κ3) is 5.07. The molecule has 1 atom stereocenters. The molecular weight excluding hydrogens is 200 g/mol. The van der Waals surface area contributed by atoms with Crippen LogP contribution in [0.1, 0.15) is 32.8 Å². The molecule has 0 amide bonds. The van der Waals surface area contributed by atoms with Crippen LogP contribution in [0.3, 0.4) is 0 Å². The fourth-order valence-corrected chi connectivity index (χ4v) is 1.56. The van der Waals surface area contributed by atoms with Crippen molar-refractivity contribution in [2.24, 2.45) is 11.1 Å². The minimum atomic E-state index is 0.130. The normalized spacial score (nSPS) is 13.6. The molecule has 0 spiro atoms. The molecule has 0 bridgehead atoms. The summed E-state index contributed by atoms with van der Waals surface area (Å²) in [4.78, 5) is 8.34. The molecule has 1 aromatic heterocycles. The van der Waals surface area contributed by atoms with Crippen LogP contribution < -0.4 is 11.1 Å². The molecule has 1 unspecified atom stereocenters. The van der Waals surface area contributed by atoms with Crippen LogP contribution in [0.15, 0.2) is 12.4 Å². The number of nitrogens with zero attached hydrogens (tertiary/aromatic N) is 2. The molecule has 4 nitrogen and oxygen atoms in total. The quantitative estimate of drug-likeness (QED) is 0.817. The Kier molecular flexibility index (Phi) is 4.24. The lowest BCUT2D eigenvalue weighted by Gasteiger charge is -2.23. The van der Waals surface area contributed by atoms with Crippen LogP contribution in [0.4, 0.5) is 5.95 Å². The Morgan fingerprint density at radius 2 is 1.88 bits per heavy atom. The summed E-state index contributed by atoms with van der Waals surface area (Å²) in [6.07, 6.45) is 4.57. The highest BCUT2D eigenvalue weighted by Gasteiger charge is 2.15. The fraction of sp³-hybridized carbons (Fsp3) is 0.667. The maximum absolute atomic E-state index is 6.02. The third-order valence-corrected chi connectivity index (χ3v) is 2.18. The predicted octanol–water partition coefficient (Wildman–Crippen LogP) is 1.96. The van der Waals surface area contributed by atoms with Crippen molar-refractivity contribution in [2.75, 3.05) is 11.9 Å². The zero-order valence-corrected chi connectivity index (χ0v) is 10.6. The summed E-state index contributed by atoms with van der Waals surface area (Å²) in [7, 11) is 0. The van der Waals surface area contributed by atoms with Crippen LogP contribution in [-0.4, -0.2) is 22.6 Å². The Bertz CT molecular complexity index is 313. The lowest BCUT2D eigenvalue weighted by molar-refractivity contribution is 0.344. The molecule has 0 saturated heterocycles. The predicted molar refractivity (Wildman–Crippen MR) is 67.3 cm³/mol. The topological polar surface area (TPSA) is 63.8 Å². The van der Waals surface area contributed by atoms with Crippen molar-refractivity contribution in [3.63, 3.8) is 0 Å². The van der Waals surface area contributed by atoms with Crippen molar-refractivity contribution in [1.29, 1.82) is 0 Å². The number of aromatic nitrogens is 2. The van der Waals surface area contributed by atoms with Gasteiger partial charge in [0.2, 0.25) is 5.95 Å². The van der Waals surface area contributed by atoms with E-state index in [2.05, 4.69) is 36.1 Å². The summed E-state index contributed by atoms with van der Waals surface area (Å²) >= 11 is 0. The molecule has 4 heteroatoms. The Labute approximate surface area is 97.7 Å². The van der Waals surface area contributed by atoms with Gasteiger partial charge in [-0.05, 0) is 24.3 Å². The Balaban J connectivity index is 2.37. The van der Waals surface area contributed by atoms with E-state index in [1.54, 1.807) is 12.4 Å². The highest BCUT2D eigenvalue weighted by Crippen LogP contribution is 2.19. The standard InChI is InChI=1S/C12H22N4/c1-9-6-14-11(15-7-9)16-8-10(13)5-12(2,3)4/h6-7,10H,5,8,13H2,1-4H3,(H,14,15,16). The average molecular weight is 222 g/mol. The second kappa shape index (κ2) is 5.25. The molecule has 1 rings (SSSR count). The summed E-state index contributed by atoms with van der Waals surface area (Å²) < 4.78 is 0. The van der Waals surface area contributed by atoms with Gasteiger partial charge in [-0.2, -0.15) is 0 Å². The SMILES string of the molecule is Cc1cnc(NCC(N)CC(C)(C)C)nc1. The first-order valence-electron chi connectivity index (χ1n) is 5.65. The molecule has 16 heavy (non-hydrogen) atoms. The average Bonchev–Trinajstić information content (AvgIpc) is 2.14. The fourth-order valence-electron chi connectivity index (χ4n) is 1.56. The van der Waals surface area contributed by atoms with Crippen molar-refractivity contribution in [3.8, 4) is 0 Å². The minimum Gasteiger partial charge on any atom is -0.353 e. The van der Waals surface area contributed by atoms with Gasteiger partial charge in [0, 0.05) is 25.0 Å². The summed E-state index contributed by atoms with van der Waals surface area (Å²) in [6.45, 7) is 9.25. The van der Waals surface area contributed by atoms with Crippen molar-refractivity contribution < 1.29 is 0 Å². The molecule has 0 fully saturated rings. The molecule has 0 radical (unpaired) electrons. The van der Waals surface area contributed by atoms with Crippen LogP contribution in [-0.2, 0) is 0 Å². The molecule has 90 valence electrons. The molecule has 0 aliphatic rings. The first kappa shape index (κ1) is 12.9. The van der Waals surface area contributed by atoms with E-state index in [1.165, 1.54) is 0 Å². The van der Waals surface area contributed by atoms with Crippen molar-refractivity contribution in [3.05, 3.63) is 18.0 Å². The summed E-state index contributed by atoms with van der Waals surface area (Å²) in [5.74, 6) is 0.648. The van der Waals surface area contributed by atoms with Crippen LogP contribution >= 0.6 is 0 Å². The molecule has 1 heterocycles. The van der Waals surface area contributed by atoms with Gasteiger partial charge in [0.15, 0.2) is 0 Å². The number of hydrogen-bond donors (Lipinski definition) is 2. The highest BCUT2D eigenvalue weighted by molar-refractivity contribution is 5.24. The summed E-state index contributed by atoms with van der Waals surface area (Å²) in [5, 5.41) is 3.15. The maximum Gasteiger partial charge on any atom is 0.222 e. The number of hydrogen-bond acceptors (Lipinski definition) is 4. The first-order chi connectivity index (χ1) is 7.37. The van der Waals surface area contributed by atoms with E-state index in [9.17, 15) is 0 Å². The Morgan fingerprint density at radius 1 is 1.31 bits per heavy atom. The molecular formula is C12H22N4. The number of nitrogens with two attached hydrogens (primary N) is 1. The van der Waals surface area contributed by atoms with E-state index < -0.39 is 0 Å². The first-order valence-corrected chi connectivity index (χ1v) is 5.65. The molecule has 0 aliphatic heterocycles. The summed E-state index contributed by atoms with van der Waals surface area (Å²) in [6, 6.07) is 0.130. The molecule has 0 aromatic carbocycles. The van der Waals surface area contributed by atoms with Gasteiger partial charge in [-0.25, -0.2) is 9.97 Å². The van der Waals surface area contributed by atoms with Gasteiger partial charge in [0.25, 0.3) is 0 Å². The van der Waals surface area contributed by atoms with E-state index in [1.807, 2.05) is 6.92 Å². The van der Waals surface area contributed by atoms with Crippen LogP contribution in [0.25, 0.3) is 0 Å². The lowest BCUT2D eigenvalue weighted by atomic mass is 9.88. The van der Waals surface area contributed by atoms with E-state index in [4.69, 9.17) is 5.73 Å². The van der Waals surface area contributed by atoms with E-state index in [-0.39, 0.29) is 11.5 Å². The maximum atomic E-state index is 6.02. The van der Waals surface area contributed by atoms with Gasteiger partial charge in [-0.15, -0.1) is 0 Å². The number of aryl methyl sites for hydroxylation is 1. The van der Waals surface area contributed by atoms with Crippen LogP contribution in [0.5, 0.6) is 0 Å². The second-order valence-electron chi connectivity index (χ2n) is 5.49. The number of anilines is 1. The van der Waals surface area contributed by atoms with E-state index >= 15 is 0 Å². The van der Waals surface area contributed by atoms with Gasteiger partial charge < -0.3 is 11.1 Å². The third-order valence-electron chi connectivity index (χ3n) is 2.18. The van der Waals surface area contributed by atoms with E-state index in [0.29, 0.717) is 12.5 Å². The van der Waals surface area contributed by atoms with Crippen LogP contribution in [0.2, 0.25) is 0 Å². The minimum absolute atomic E-state index is 0.130. The Hall–Kier alpha value is -1.16. The van der Waals surface area contributed by atoms with Gasteiger partial charge >= 0.3 is 0 Å². The lowest BCUT2D eigenvalue weighted by Crippen LogP contribution is -2.33. The number of nitrogens with one attached hydrogen (secondary N) is 1. The zero-order valence-electron chi connectivity index (χ0n) is 10.6. The van der Waals surface area contributed by atoms with Crippen molar-refractivity contribution in [2.45, 2.75) is 40.2 Å². The van der Waals surface area contributed by atoms with Crippen LogP contribution in [0, 0.1) is 12.3 Å². The second-order valence-corrected chi connectivity index (χ2v) is 5.49. The van der Waals surface area contributed by atoms with Crippen molar-refractivity contribution in [1.82, 2.24) is 9.97 Å². The molecule has 1 aromatic rings. The molecule has 3 N–H and O–H groups in total. The number of rotatable bonds is 4. The largest absolute Gasteiger partial charge is 0.353 e. The smallest absolute Gasteiger partial charge is 0.222 e.